The molecule has 2 N–H and O–H groups in total. The second kappa shape index (κ2) is 7.68. The van der Waals surface area contributed by atoms with Crippen LogP contribution in [0.25, 0.3) is 0 Å². The van der Waals surface area contributed by atoms with E-state index in [0.29, 0.717) is 6.42 Å². The van der Waals surface area contributed by atoms with E-state index in [1.807, 2.05) is 51.1 Å². The van der Waals surface area contributed by atoms with E-state index < -0.39 is 11.9 Å². The molecule has 4 nitrogen and oxygen atoms in total. The van der Waals surface area contributed by atoms with Crippen molar-refractivity contribution in [2.24, 2.45) is 11.8 Å². The second-order valence-electron chi connectivity index (χ2n) is 5.31. The Morgan fingerprint density at radius 2 is 1.80 bits per heavy atom. The van der Waals surface area contributed by atoms with Gasteiger partial charge >= 0.3 is 5.97 Å². The number of nitrogens with one attached hydrogen (secondary N) is 1. The Kier molecular flexibility index (Phi) is 6.22. The van der Waals surface area contributed by atoms with Gasteiger partial charge in [-0.1, -0.05) is 51.1 Å². The van der Waals surface area contributed by atoms with Crippen LogP contribution in [-0.2, 0) is 9.59 Å². The molecule has 0 heterocycles. The summed E-state index contributed by atoms with van der Waals surface area (Å²) in [5, 5.41) is 11.9. The van der Waals surface area contributed by atoms with Crippen molar-refractivity contribution in [3.05, 3.63) is 35.9 Å². The number of hydrogen-bond acceptors (Lipinski definition) is 2. The lowest BCUT2D eigenvalue weighted by atomic mass is 9.93. The number of carboxylic acid groups (broad SMARTS) is 1. The van der Waals surface area contributed by atoms with Gasteiger partial charge in [-0.25, -0.2) is 0 Å². The highest BCUT2D eigenvalue weighted by Crippen LogP contribution is 2.19. The maximum Gasteiger partial charge on any atom is 0.308 e. The van der Waals surface area contributed by atoms with Crippen LogP contribution < -0.4 is 5.32 Å². The minimum atomic E-state index is -0.868. The summed E-state index contributed by atoms with van der Waals surface area (Å²) in [5.41, 5.74) is 0.962. The highest BCUT2D eigenvalue weighted by molar-refractivity contribution is 5.84. The van der Waals surface area contributed by atoms with E-state index in [4.69, 9.17) is 5.11 Å². The molecule has 1 aromatic carbocycles. The summed E-state index contributed by atoms with van der Waals surface area (Å²) in [6, 6.07) is 9.56. The van der Waals surface area contributed by atoms with Crippen molar-refractivity contribution in [3.8, 4) is 0 Å². The molecule has 0 aromatic heterocycles. The van der Waals surface area contributed by atoms with Gasteiger partial charge in [0.15, 0.2) is 0 Å². The molecule has 0 fully saturated rings. The van der Waals surface area contributed by atoms with Gasteiger partial charge in [-0.2, -0.15) is 0 Å². The normalized spacial score (nSPS) is 13.8. The van der Waals surface area contributed by atoms with Crippen molar-refractivity contribution in [2.75, 3.05) is 6.54 Å². The molecule has 0 spiro atoms. The maximum absolute atomic E-state index is 12.2. The number of aliphatic carboxylic acids is 1. The second-order valence-corrected chi connectivity index (χ2v) is 5.31. The SMILES string of the molecule is CCC(C(=O)NCC(C(=O)O)C(C)C)c1ccccc1. The van der Waals surface area contributed by atoms with Crippen LogP contribution in [0.2, 0.25) is 0 Å². The predicted molar refractivity (Wildman–Crippen MR) is 78.4 cm³/mol. The molecule has 1 rings (SSSR count). The number of carbonyl (C=O) groups is 2. The molecule has 2 atom stereocenters. The van der Waals surface area contributed by atoms with Crippen LogP contribution in [0.5, 0.6) is 0 Å². The van der Waals surface area contributed by atoms with E-state index in [1.54, 1.807) is 0 Å². The molecule has 0 saturated heterocycles. The number of carboxylic acids is 1. The van der Waals surface area contributed by atoms with Crippen LogP contribution in [0.3, 0.4) is 0 Å². The van der Waals surface area contributed by atoms with E-state index in [0.717, 1.165) is 5.56 Å². The number of amides is 1. The quantitative estimate of drug-likeness (QED) is 0.805. The fourth-order valence-corrected chi connectivity index (χ4v) is 2.20. The van der Waals surface area contributed by atoms with E-state index in [9.17, 15) is 9.59 Å². The number of carbonyl (C=O) groups excluding carboxylic acids is 1. The Morgan fingerprint density at radius 1 is 1.20 bits per heavy atom. The zero-order valence-corrected chi connectivity index (χ0v) is 12.3. The first-order valence-corrected chi connectivity index (χ1v) is 7.02. The summed E-state index contributed by atoms with van der Waals surface area (Å²) in [7, 11) is 0. The van der Waals surface area contributed by atoms with E-state index in [-0.39, 0.29) is 24.3 Å². The van der Waals surface area contributed by atoms with Gasteiger partial charge in [0.25, 0.3) is 0 Å². The van der Waals surface area contributed by atoms with Gasteiger partial charge in [0.2, 0.25) is 5.91 Å². The molecule has 110 valence electrons. The molecule has 0 saturated carbocycles. The van der Waals surface area contributed by atoms with E-state index in [2.05, 4.69) is 5.32 Å². The summed E-state index contributed by atoms with van der Waals surface area (Å²) in [6.45, 7) is 5.82. The first kappa shape index (κ1) is 16.2. The van der Waals surface area contributed by atoms with Gasteiger partial charge in [0.05, 0.1) is 11.8 Å². The molecule has 0 aliphatic rings. The Labute approximate surface area is 120 Å². The predicted octanol–water partition coefficient (Wildman–Crippen LogP) is 2.65. The number of rotatable bonds is 7. The molecule has 0 aliphatic carbocycles. The van der Waals surface area contributed by atoms with Crippen LogP contribution in [-0.4, -0.2) is 23.5 Å². The zero-order chi connectivity index (χ0) is 15.1. The molecule has 0 radical (unpaired) electrons. The van der Waals surface area contributed by atoms with Gasteiger partial charge in [0, 0.05) is 6.54 Å². The highest BCUT2D eigenvalue weighted by atomic mass is 16.4. The van der Waals surface area contributed by atoms with Crippen LogP contribution in [0.1, 0.15) is 38.7 Å². The fraction of sp³-hybridized carbons (Fsp3) is 0.500. The Hall–Kier alpha value is -1.84. The van der Waals surface area contributed by atoms with Gasteiger partial charge in [-0.3, -0.25) is 9.59 Å². The third-order valence-electron chi connectivity index (χ3n) is 3.54. The van der Waals surface area contributed by atoms with Gasteiger partial charge in [0.1, 0.15) is 0 Å². The third-order valence-corrected chi connectivity index (χ3v) is 3.54. The fourth-order valence-electron chi connectivity index (χ4n) is 2.20. The summed E-state index contributed by atoms with van der Waals surface area (Å²) in [5.74, 6) is -1.76. The summed E-state index contributed by atoms with van der Waals surface area (Å²) < 4.78 is 0. The summed E-state index contributed by atoms with van der Waals surface area (Å²) >= 11 is 0. The van der Waals surface area contributed by atoms with E-state index >= 15 is 0 Å². The first-order chi connectivity index (χ1) is 9.47. The highest BCUT2D eigenvalue weighted by Gasteiger charge is 2.24. The van der Waals surface area contributed by atoms with Crippen molar-refractivity contribution in [3.63, 3.8) is 0 Å². The Balaban J connectivity index is 2.67. The van der Waals surface area contributed by atoms with E-state index in [1.165, 1.54) is 0 Å². The van der Waals surface area contributed by atoms with Crippen molar-refractivity contribution >= 4 is 11.9 Å². The van der Waals surface area contributed by atoms with Crippen LogP contribution in [0.15, 0.2) is 30.3 Å². The average Bonchev–Trinajstić information content (AvgIpc) is 2.40. The standard InChI is InChI=1S/C16H23NO3/c1-4-13(12-8-6-5-7-9-12)15(18)17-10-14(11(2)3)16(19)20/h5-9,11,13-14H,4,10H2,1-3H3,(H,17,18)(H,19,20). The Bertz CT molecular complexity index is 442. The molecule has 20 heavy (non-hydrogen) atoms. The minimum absolute atomic E-state index is 0.00963. The molecule has 2 unspecified atom stereocenters. The van der Waals surface area contributed by atoms with Crippen LogP contribution in [0.4, 0.5) is 0 Å². The minimum Gasteiger partial charge on any atom is -0.481 e. The smallest absolute Gasteiger partial charge is 0.308 e. The number of hydrogen-bond donors (Lipinski definition) is 2. The molecule has 4 heteroatoms. The molecule has 0 aliphatic heterocycles. The average molecular weight is 277 g/mol. The van der Waals surface area contributed by atoms with Crippen LogP contribution in [0, 0.1) is 11.8 Å². The summed E-state index contributed by atoms with van der Waals surface area (Å²) in [6.07, 6.45) is 0.690. The topological polar surface area (TPSA) is 66.4 Å². The lowest BCUT2D eigenvalue weighted by molar-refractivity contribution is -0.143. The lowest BCUT2D eigenvalue weighted by Crippen LogP contribution is -2.37. The van der Waals surface area contributed by atoms with Crippen molar-refractivity contribution in [2.45, 2.75) is 33.1 Å². The van der Waals surface area contributed by atoms with Crippen molar-refractivity contribution < 1.29 is 14.7 Å². The molecule has 0 bridgehead atoms. The largest absolute Gasteiger partial charge is 0.481 e. The lowest BCUT2D eigenvalue weighted by Gasteiger charge is -2.20. The third kappa shape index (κ3) is 4.37. The maximum atomic E-state index is 12.2. The molecular weight excluding hydrogens is 254 g/mol. The van der Waals surface area contributed by atoms with Gasteiger partial charge < -0.3 is 10.4 Å². The number of benzene rings is 1. The van der Waals surface area contributed by atoms with Gasteiger partial charge in [-0.15, -0.1) is 0 Å². The monoisotopic (exact) mass is 277 g/mol. The van der Waals surface area contributed by atoms with Crippen LogP contribution >= 0.6 is 0 Å². The van der Waals surface area contributed by atoms with Crippen molar-refractivity contribution in [1.29, 1.82) is 0 Å². The zero-order valence-electron chi connectivity index (χ0n) is 12.3. The molecule has 1 amide bonds. The van der Waals surface area contributed by atoms with Gasteiger partial charge in [-0.05, 0) is 17.9 Å². The first-order valence-electron chi connectivity index (χ1n) is 7.02. The molecular formula is C16H23NO3. The molecule has 1 aromatic rings. The van der Waals surface area contributed by atoms with Crippen molar-refractivity contribution in [1.82, 2.24) is 5.32 Å². The Morgan fingerprint density at radius 3 is 2.25 bits per heavy atom. The summed E-state index contributed by atoms with van der Waals surface area (Å²) in [4.78, 5) is 23.3.